The van der Waals surface area contributed by atoms with Crippen molar-refractivity contribution >= 4 is 28.4 Å². The summed E-state index contributed by atoms with van der Waals surface area (Å²) in [6, 6.07) is 23.9. The number of anilines is 1. The maximum Gasteiger partial charge on any atom is 0.273 e. The van der Waals surface area contributed by atoms with Crippen LogP contribution in [0.25, 0.3) is 22.2 Å². The van der Waals surface area contributed by atoms with Crippen LogP contribution in [-0.4, -0.2) is 33.1 Å². The van der Waals surface area contributed by atoms with Crippen molar-refractivity contribution in [3.63, 3.8) is 0 Å². The third kappa shape index (κ3) is 5.78. The van der Waals surface area contributed by atoms with Gasteiger partial charge in [0.2, 0.25) is 0 Å². The van der Waals surface area contributed by atoms with E-state index in [1.807, 2.05) is 74.5 Å². The summed E-state index contributed by atoms with van der Waals surface area (Å²) in [5, 5.41) is 11.1. The zero-order valence-electron chi connectivity index (χ0n) is 23.3. The van der Waals surface area contributed by atoms with Crippen LogP contribution in [0.15, 0.2) is 79.0 Å². The Kier molecular flexibility index (Phi) is 7.73. The quantitative estimate of drug-likeness (QED) is 0.247. The van der Waals surface area contributed by atoms with Crippen LogP contribution in [-0.2, 0) is 13.0 Å². The molecule has 0 aliphatic rings. The zero-order valence-corrected chi connectivity index (χ0v) is 23.3. The van der Waals surface area contributed by atoms with Gasteiger partial charge in [-0.3, -0.25) is 14.3 Å². The average molecular weight is 532 g/mol. The number of aromatic nitrogens is 3. The van der Waals surface area contributed by atoms with Crippen LogP contribution in [0, 0.1) is 20.8 Å². The molecule has 5 aromatic rings. The molecule has 5 rings (SSSR count). The lowest BCUT2D eigenvalue weighted by molar-refractivity contribution is 0.0949. The van der Waals surface area contributed by atoms with E-state index in [0.29, 0.717) is 36.5 Å². The first kappa shape index (κ1) is 26.8. The SMILES string of the molecule is CCn1cc(NC(=O)c2cc(-c3ccc(C)c(C)c3)nc3ccc(C)cc23)c(C(=O)NCCc2ccccc2)n1. The Morgan fingerprint density at radius 3 is 2.42 bits per heavy atom. The molecule has 3 aromatic carbocycles. The maximum atomic E-state index is 13.8. The number of nitrogens with zero attached hydrogens (tertiary/aromatic N) is 3. The molecule has 0 aliphatic heterocycles. The minimum absolute atomic E-state index is 0.187. The van der Waals surface area contributed by atoms with Gasteiger partial charge in [0.1, 0.15) is 0 Å². The van der Waals surface area contributed by atoms with Crippen molar-refractivity contribution in [2.75, 3.05) is 11.9 Å². The number of hydrogen-bond acceptors (Lipinski definition) is 4. The molecule has 2 aromatic heterocycles. The van der Waals surface area contributed by atoms with E-state index in [1.165, 1.54) is 5.56 Å². The largest absolute Gasteiger partial charge is 0.350 e. The number of aryl methyl sites for hydroxylation is 4. The smallest absolute Gasteiger partial charge is 0.273 e. The number of nitrogens with one attached hydrogen (secondary N) is 2. The lowest BCUT2D eigenvalue weighted by Gasteiger charge is -2.12. The molecule has 7 heteroatoms. The molecule has 0 radical (unpaired) electrons. The highest BCUT2D eigenvalue weighted by molar-refractivity contribution is 6.14. The minimum atomic E-state index is -0.329. The second kappa shape index (κ2) is 11.5. The summed E-state index contributed by atoms with van der Waals surface area (Å²) in [6.07, 6.45) is 2.40. The molecule has 0 aliphatic carbocycles. The van der Waals surface area contributed by atoms with Crippen molar-refractivity contribution in [3.8, 4) is 11.3 Å². The summed E-state index contributed by atoms with van der Waals surface area (Å²) in [5.41, 5.74) is 7.95. The van der Waals surface area contributed by atoms with Crippen molar-refractivity contribution in [2.24, 2.45) is 0 Å². The van der Waals surface area contributed by atoms with Crippen LogP contribution in [0.2, 0.25) is 0 Å². The topological polar surface area (TPSA) is 88.9 Å². The lowest BCUT2D eigenvalue weighted by Crippen LogP contribution is -2.27. The molecular formula is C33H33N5O2. The second-order valence-corrected chi connectivity index (χ2v) is 10.1. The Morgan fingerprint density at radius 1 is 0.875 bits per heavy atom. The van der Waals surface area contributed by atoms with E-state index in [0.717, 1.165) is 33.2 Å². The molecular weight excluding hydrogens is 498 g/mol. The van der Waals surface area contributed by atoms with Gasteiger partial charge in [-0.1, -0.05) is 54.1 Å². The fourth-order valence-corrected chi connectivity index (χ4v) is 4.66. The number of pyridine rings is 1. The summed E-state index contributed by atoms with van der Waals surface area (Å²) in [5.74, 6) is -0.651. The molecule has 40 heavy (non-hydrogen) atoms. The molecule has 0 spiro atoms. The van der Waals surface area contributed by atoms with Gasteiger partial charge in [-0.25, -0.2) is 4.98 Å². The van der Waals surface area contributed by atoms with Gasteiger partial charge in [-0.2, -0.15) is 5.10 Å². The highest BCUT2D eigenvalue weighted by Gasteiger charge is 2.21. The summed E-state index contributed by atoms with van der Waals surface area (Å²) < 4.78 is 1.65. The first-order chi connectivity index (χ1) is 19.3. The van der Waals surface area contributed by atoms with Gasteiger partial charge in [0.05, 0.1) is 22.5 Å². The fourth-order valence-electron chi connectivity index (χ4n) is 4.66. The Morgan fingerprint density at radius 2 is 1.68 bits per heavy atom. The van der Waals surface area contributed by atoms with Crippen molar-refractivity contribution in [1.29, 1.82) is 0 Å². The number of benzene rings is 3. The van der Waals surface area contributed by atoms with Gasteiger partial charge in [-0.15, -0.1) is 0 Å². The van der Waals surface area contributed by atoms with Gasteiger partial charge in [0, 0.05) is 30.2 Å². The minimum Gasteiger partial charge on any atom is -0.350 e. The first-order valence-corrected chi connectivity index (χ1v) is 13.5. The summed E-state index contributed by atoms with van der Waals surface area (Å²) in [7, 11) is 0. The third-order valence-electron chi connectivity index (χ3n) is 7.10. The number of fused-ring (bicyclic) bond motifs is 1. The predicted octanol–water partition coefficient (Wildman–Crippen LogP) is 6.27. The van der Waals surface area contributed by atoms with E-state index in [1.54, 1.807) is 10.9 Å². The van der Waals surface area contributed by atoms with Crippen molar-refractivity contribution in [1.82, 2.24) is 20.1 Å². The van der Waals surface area contributed by atoms with Crippen molar-refractivity contribution in [3.05, 3.63) is 113 Å². The molecule has 0 atom stereocenters. The highest BCUT2D eigenvalue weighted by atomic mass is 16.2. The highest BCUT2D eigenvalue weighted by Crippen LogP contribution is 2.28. The van der Waals surface area contributed by atoms with Crippen LogP contribution in [0.4, 0.5) is 5.69 Å². The average Bonchev–Trinajstić information content (AvgIpc) is 3.37. The molecule has 0 saturated heterocycles. The molecule has 7 nitrogen and oxygen atoms in total. The van der Waals surface area contributed by atoms with E-state index < -0.39 is 0 Å². The molecule has 0 saturated carbocycles. The van der Waals surface area contributed by atoms with Crippen LogP contribution in [0.3, 0.4) is 0 Å². The van der Waals surface area contributed by atoms with Crippen LogP contribution >= 0.6 is 0 Å². The van der Waals surface area contributed by atoms with E-state index >= 15 is 0 Å². The number of amides is 2. The number of hydrogen-bond donors (Lipinski definition) is 2. The summed E-state index contributed by atoms with van der Waals surface area (Å²) >= 11 is 0. The summed E-state index contributed by atoms with van der Waals surface area (Å²) in [4.78, 5) is 31.8. The van der Waals surface area contributed by atoms with Crippen LogP contribution in [0.1, 0.15) is 50.0 Å². The van der Waals surface area contributed by atoms with E-state index in [9.17, 15) is 9.59 Å². The van der Waals surface area contributed by atoms with E-state index in [4.69, 9.17) is 4.98 Å². The van der Waals surface area contributed by atoms with E-state index in [2.05, 4.69) is 41.7 Å². The first-order valence-electron chi connectivity index (χ1n) is 13.5. The standard InChI is InChI=1S/C33H33N5O2/c1-5-38-20-30(31(37-38)33(40)34-16-15-24-9-7-6-8-10-24)36-32(39)27-19-29(25-13-12-22(3)23(4)18-25)35-28-14-11-21(2)17-26(27)28/h6-14,17-20H,5,15-16H2,1-4H3,(H,34,40)(H,36,39). The van der Waals surface area contributed by atoms with Crippen molar-refractivity contribution < 1.29 is 9.59 Å². The molecule has 2 N–H and O–H groups in total. The molecule has 0 fully saturated rings. The van der Waals surface area contributed by atoms with Crippen LogP contribution < -0.4 is 10.6 Å². The Hall–Kier alpha value is -4.78. The normalized spacial score (nSPS) is 11.0. The van der Waals surface area contributed by atoms with Gasteiger partial charge in [-0.05, 0) is 75.1 Å². The van der Waals surface area contributed by atoms with Crippen LogP contribution in [0.5, 0.6) is 0 Å². The van der Waals surface area contributed by atoms with E-state index in [-0.39, 0.29) is 17.5 Å². The molecule has 0 unspecified atom stereocenters. The van der Waals surface area contributed by atoms with Gasteiger partial charge >= 0.3 is 0 Å². The summed E-state index contributed by atoms with van der Waals surface area (Å²) in [6.45, 7) is 9.08. The second-order valence-electron chi connectivity index (χ2n) is 10.1. The predicted molar refractivity (Wildman–Crippen MR) is 160 cm³/mol. The zero-order chi connectivity index (χ0) is 28.2. The molecule has 202 valence electrons. The third-order valence-corrected chi connectivity index (χ3v) is 7.10. The van der Waals surface area contributed by atoms with Gasteiger partial charge < -0.3 is 10.6 Å². The van der Waals surface area contributed by atoms with Gasteiger partial charge in [0.25, 0.3) is 11.8 Å². The Bertz CT molecular complexity index is 1710. The monoisotopic (exact) mass is 531 g/mol. The molecule has 2 heterocycles. The number of carbonyl (C=O) groups excluding carboxylic acids is 2. The fraction of sp³-hybridized carbons (Fsp3) is 0.212. The number of rotatable bonds is 8. The van der Waals surface area contributed by atoms with Crippen molar-refractivity contribution in [2.45, 2.75) is 40.7 Å². The number of carbonyl (C=O) groups is 2. The molecule has 2 amide bonds. The lowest BCUT2D eigenvalue weighted by atomic mass is 9.99. The Balaban J connectivity index is 1.45. The van der Waals surface area contributed by atoms with Gasteiger partial charge in [0.15, 0.2) is 5.69 Å². The Labute approximate surface area is 234 Å². The maximum absolute atomic E-state index is 13.8. The molecule has 0 bridgehead atoms.